The van der Waals surface area contributed by atoms with Gasteiger partial charge in [0.1, 0.15) is 5.75 Å². The number of ether oxygens (including phenoxy) is 2. The average molecular weight is 377 g/mol. The fourth-order valence-corrected chi connectivity index (χ4v) is 2.95. The molecule has 1 fully saturated rings. The first-order chi connectivity index (χ1) is 12.9. The molecule has 2 rings (SSSR count). The molecule has 1 N–H and O–H groups in total. The largest absolute Gasteiger partial charge is 0.496 e. The Kier molecular flexibility index (Phi) is 7.91. The van der Waals surface area contributed by atoms with Crippen LogP contribution in [0.4, 0.5) is 4.79 Å². The average Bonchev–Trinajstić information content (AvgIpc) is 2.67. The number of aryl methyl sites for hydroxylation is 1. The van der Waals surface area contributed by atoms with Crippen LogP contribution in [0.3, 0.4) is 0 Å². The number of methoxy groups -OCH3 is 1. The van der Waals surface area contributed by atoms with E-state index in [1.54, 1.807) is 23.0 Å². The zero-order valence-electron chi connectivity index (χ0n) is 16.8. The van der Waals surface area contributed by atoms with Crippen LogP contribution in [0.25, 0.3) is 0 Å². The Bertz CT molecular complexity index is 640. The highest BCUT2D eigenvalue weighted by molar-refractivity contribution is 5.95. The van der Waals surface area contributed by atoms with Gasteiger partial charge in [-0.3, -0.25) is 4.79 Å². The second-order valence-electron chi connectivity index (χ2n) is 6.97. The summed E-state index contributed by atoms with van der Waals surface area (Å²) >= 11 is 0. The maximum atomic E-state index is 12.7. The summed E-state index contributed by atoms with van der Waals surface area (Å²) < 4.78 is 10.8. The Morgan fingerprint density at radius 2 is 1.81 bits per heavy atom. The molecule has 7 heteroatoms. The number of carbonyl (C=O) groups excluding carboxylic acids is 2. The van der Waals surface area contributed by atoms with Crippen LogP contribution in [-0.4, -0.2) is 74.3 Å². The van der Waals surface area contributed by atoms with Gasteiger partial charge in [0.05, 0.1) is 13.2 Å². The highest BCUT2D eigenvalue weighted by Crippen LogP contribution is 2.20. The van der Waals surface area contributed by atoms with E-state index < -0.39 is 0 Å². The maximum absolute atomic E-state index is 12.7. The Morgan fingerprint density at radius 3 is 2.44 bits per heavy atom. The van der Waals surface area contributed by atoms with Crippen LogP contribution in [0, 0.1) is 6.92 Å². The lowest BCUT2D eigenvalue weighted by Gasteiger charge is -2.34. The molecule has 0 saturated carbocycles. The molecule has 1 heterocycles. The van der Waals surface area contributed by atoms with E-state index in [9.17, 15) is 9.59 Å². The summed E-state index contributed by atoms with van der Waals surface area (Å²) in [7, 11) is 1.60. The van der Waals surface area contributed by atoms with Gasteiger partial charge in [-0.2, -0.15) is 0 Å². The number of hydrogen-bond donors (Lipinski definition) is 1. The fourth-order valence-electron chi connectivity index (χ4n) is 2.95. The summed E-state index contributed by atoms with van der Waals surface area (Å²) in [5.74, 6) is 0.680. The van der Waals surface area contributed by atoms with Gasteiger partial charge >= 0.3 is 6.03 Å². The molecular weight excluding hydrogens is 346 g/mol. The number of nitrogens with zero attached hydrogens (tertiary/aromatic N) is 2. The van der Waals surface area contributed by atoms with Crippen molar-refractivity contribution in [2.24, 2.45) is 0 Å². The third kappa shape index (κ3) is 6.13. The number of hydrogen-bond acceptors (Lipinski definition) is 4. The topological polar surface area (TPSA) is 71.1 Å². The Balaban J connectivity index is 1.77. The van der Waals surface area contributed by atoms with Gasteiger partial charge in [-0.15, -0.1) is 0 Å². The van der Waals surface area contributed by atoms with Gasteiger partial charge in [-0.25, -0.2) is 4.79 Å². The molecule has 1 aliphatic rings. The van der Waals surface area contributed by atoms with Crippen LogP contribution in [-0.2, 0) is 4.74 Å². The molecule has 0 aromatic heterocycles. The van der Waals surface area contributed by atoms with Crippen molar-refractivity contribution in [1.82, 2.24) is 15.1 Å². The van der Waals surface area contributed by atoms with Crippen molar-refractivity contribution in [2.75, 3.05) is 46.4 Å². The molecule has 0 bridgehead atoms. The minimum absolute atomic E-state index is 0.0285. The smallest absolute Gasteiger partial charge is 0.317 e. The molecule has 0 unspecified atom stereocenters. The number of amides is 3. The molecule has 0 atom stereocenters. The van der Waals surface area contributed by atoms with Gasteiger partial charge in [-0.05, 0) is 44.9 Å². The minimum atomic E-state index is -0.0800. The molecule has 1 saturated heterocycles. The third-order valence-corrected chi connectivity index (χ3v) is 4.56. The highest BCUT2D eigenvalue weighted by Gasteiger charge is 2.25. The lowest BCUT2D eigenvalue weighted by molar-refractivity contribution is 0.0659. The van der Waals surface area contributed by atoms with Crippen molar-refractivity contribution >= 4 is 11.9 Å². The van der Waals surface area contributed by atoms with Gasteiger partial charge in [0.15, 0.2) is 0 Å². The normalized spacial score (nSPS) is 14.4. The van der Waals surface area contributed by atoms with Crippen molar-refractivity contribution in [1.29, 1.82) is 0 Å². The van der Waals surface area contributed by atoms with E-state index in [0.717, 1.165) is 12.0 Å². The van der Waals surface area contributed by atoms with Crippen molar-refractivity contribution in [3.8, 4) is 5.75 Å². The molecule has 27 heavy (non-hydrogen) atoms. The fraction of sp³-hybridized carbons (Fsp3) is 0.600. The van der Waals surface area contributed by atoms with E-state index in [4.69, 9.17) is 9.47 Å². The minimum Gasteiger partial charge on any atom is -0.496 e. The summed E-state index contributed by atoms with van der Waals surface area (Å²) in [4.78, 5) is 28.4. The molecule has 1 aromatic rings. The van der Waals surface area contributed by atoms with E-state index in [2.05, 4.69) is 5.32 Å². The molecule has 1 aromatic carbocycles. The predicted molar refractivity (Wildman–Crippen MR) is 104 cm³/mol. The van der Waals surface area contributed by atoms with E-state index in [0.29, 0.717) is 50.6 Å². The van der Waals surface area contributed by atoms with Crippen molar-refractivity contribution in [3.63, 3.8) is 0 Å². The molecule has 150 valence electrons. The second kappa shape index (κ2) is 10.2. The van der Waals surface area contributed by atoms with Gasteiger partial charge in [0.25, 0.3) is 5.91 Å². The number of benzene rings is 1. The standard InChI is InChI=1S/C20H31N3O4/c1-15(2)27-13-5-8-21-20(25)23-11-9-22(10-12-23)19(24)17-7-6-16(3)18(14-17)26-4/h6-7,14-15H,5,8-13H2,1-4H3,(H,21,25). The van der Waals surface area contributed by atoms with E-state index in [-0.39, 0.29) is 18.0 Å². The van der Waals surface area contributed by atoms with Crippen LogP contribution in [0.15, 0.2) is 18.2 Å². The van der Waals surface area contributed by atoms with Crippen LogP contribution in [0.5, 0.6) is 5.75 Å². The number of rotatable bonds is 7. The van der Waals surface area contributed by atoms with E-state index >= 15 is 0 Å². The Morgan fingerprint density at radius 1 is 1.15 bits per heavy atom. The quantitative estimate of drug-likeness (QED) is 0.740. The molecular formula is C20H31N3O4. The van der Waals surface area contributed by atoms with E-state index in [1.165, 1.54) is 0 Å². The first-order valence-electron chi connectivity index (χ1n) is 9.50. The van der Waals surface area contributed by atoms with Crippen molar-refractivity contribution in [2.45, 2.75) is 33.3 Å². The van der Waals surface area contributed by atoms with Crippen molar-refractivity contribution < 1.29 is 19.1 Å². The lowest BCUT2D eigenvalue weighted by atomic mass is 10.1. The zero-order valence-corrected chi connectivity index (χ0v) is 16.8. The molecule has 7 nitrogen and oxygen atoms in total. The van der Waals surface area contributed by atoms with Crippen LogP contribution in [0.1, 0.15) is 36.2 Å². The highest BCUT2D eigenvalue weighted by atomic mass is 16.5. The van der Waals surface area contributed by atoms with Crippen molar-refractivity contribution in [3.05, 3.63) is 29.3 Å². The summed E-state index contributed by atoms with van der Waals surface area (Å²) in [6.07, 6.45) is 0.997. The number of piperazine rings is 1. The summed E-state index contributed by atoms with van der Waals surface area (Å²) in [5, 5.41) is 2.91. The summed E-state index contributed by atoms with van der Waals surface area (Å²) in [6, 6.07) is 5.40. The van der Waals surface area contributed by atoms with Gasteiger partial charge in [-0.1, -0.05) is 6.07 Å². The molecule has 3 amide bonds. The Hall–Kier alpha value is -2.28. The van der Waals surface area contributed by atoms with E-state index in [1.807, 2.05) is 32.9 Å². The third-order valence-electron chi connectivity index (χ3n) is 4.56. The SMILES string of the molecule is COc1cc(C(=O)N2CCN(C(=O)NCCCOC(C)C)CC2)ccc1C. The second-order valence-corrected chi connectivity index (χ2v) is 6.97. The van der Waals surface area contributed by atoms with Crippen LogP contribution in [0.2, 0.25) is 0 Å². The van der Waals surface area contributed by atoms with Crippen LogP contribution < -0.4 is 10.1 Å². The van der Waals surface area contributed by atoms with Gasteiger partial charge < -0.3 is 24.6 Å². The summed E-state index contributed by atoms with van der Waals surface area (Å²) in [5.41, 5.74) is 1.61. The first kappa shape index (κ1) is 21.0. The summed E-state index contributed by atoms with van der Waals surface area (Å²) in [6.45, 7) is 9.27. The molecule has 0 radical (unpaired) electrons. The monoisotopic (exact) mass is 377 g/mol. The first-order valence-corrected chi connectivity index (χ1v) is 9.50. The number of urea groups is 1. The Labute approximate surface area is 161 Å². The predicted octanol–water partition coefficient (Wildman–Crippen LogP) is 2.29. The lowest BCUT2D eigenvalue weighted by Crippen LogP contribution is -2.53. The number of nitrogens with one attached hydrogen (secondary N) is 1. The molecule has 0 aliphatic carbocycles. The number of carbonyl (C=O) groups is 2. The van der Waals surface area contributed by atoms with Crippen LogP contribution >= 0.6 is 0 Å². The van der Waals surface area contributed by atoms with Gasteiger partial charge in [0, 0.05) is 44.9 Å². The maximum Gasteiger partial charge on any atom is 0.317 e. The molecule has 1 aliphatic heterocycles. The van der Waals surface area contributed by atoms with Gasteiger partial charge in [0.2, 0.25) is 0 Å². The molecule has 0 spiro atoms. The zero-order chi connectivity index (χ0) is 19.8.